The second-order valence-electron chi connectivity index (χ2n) is 6.21. The number of rotatable bonds is 6. The van der Waals surface area contributed by atoms with E-state index in [-0.39, 0.29) is 23.9 Å². The molecule has 1 aliphatic rings. The average molecular weight is 306 g/mol. The Labute approximate surface area is 132 Å². The van der Waals surface area contributed by atoms with Gasteiger partial charge in [-0.2, -0.15) is 0 Å². The van der Waals surface area contributed by atoms with Gasteiger partial charge in [-0.05, 0) is 37.0 Å². The standard InChI is InChI=1S/C17H26N2O3/c1-11(2)17(19-16(20)7-4-12(3)18)13-5-6-14-15(10-13)22-9-8-21-14/h5-6,10-12,17H,4,7-9,18H2,1-3H3,(H,19,20). The van der Waals surface area contributed by atoms with Crippen LogP contribution in [0.4, 0.5) is 0 Å². The third-order valence-electron chi connectivity index (χ3n) is 3.74. The minimum atomic E-state index is -0.0450. The molecule has 1 aromatic rings. The zero-order valence-electron chi connectivity index (χ0n) is 13.6. The SMILES string of the molecule is CC(N)CCC(=O)NC(c1ccc2c(c1)OCCO2)C(C)C. The number of carbonyl (C=O) groups is 1. The number of ether oxygens (including phenoxy) is 2. The van der Waals surface area contributed by atoms with E-state index >= 15 is 0 Å². The summed E-state index contributed by atoms with van der Waals surface area (Å²) >= 11 is 0. The van der Waals surface area contributed by atoms with Gasteiger partial charge in [-0.15, -0.1) is 0 Å². The zero-order valence-corrected chi connectivity index (χ0v) is 13.6. The fourth-order valence-electron chi connectivity index (χ4n) is 2.49. The second kappa shape index (κ2) is 7.49. The van der Waals surface area contributed by atoms with Crippen LogP contribution in [0.25, 0.3) is 0 Å². The van der Waals surface area contributed by atoms with Gasteiger partial charge in [0, 0.05) is 12.5 Å². The van der Waals surface area contributed by atoms with Crippen LogP contribution in [-0.2, 0) is 4.79 Å². The average Bonchev–Trinajstić information content (AvgIpc) is 2.49. The van der Waals surface area contributed by atoms with Gasteiger partial charge in [-0.3, -0.25) is 4.79 Å². The highest BCUT2D eigenvalue weighted by Gasteiger charge is 2.21. The lowest BCUT2D eigenvalue weighted by atomic mass is 9.95. The maximum atomic E-state index is 12.1. The monoisotopic (exact) mass is 306 g/mol. The van der Waals surface area contributed by atoms with Crippen molar-refractivity contribution in [2.45, 2.75) is 45.7 Å². The molecule has 0 bridgehead atoms. The first-order chi connectivity index (χ1) is 10.5. The predicted molar refractivity (Wildman–Crippen MR) is 86.0 cm³/mol. The summed E-state index contributed by atoms with van der Waals surface area (Å²) in [7, 11) is 0. The number of benzene rings is 1. The van der Waals surface area contributed by atoms with Crippen LogP contribution in [0, 0.1) is 5.92 Å². The van der Waals surface area contributed by atoms with E-state index in [0.29, 0.717) is 26.1 Å². The molecule has 0 saturated carbocycles. The normalized spacial score (nSPS) is 16.2. The van der Waals surface area contributed by atoms with Gasteiger partial charge >= 0.3 is 0 Å². The number of fused-ring (bicyclic) bond motifs is 1. The first-order valence-electron chi connectivity index (χ1n) is 7.92. The molecule has 0 radical (unpaired) electrons. The number of hydrogen-bond acceptors (Lipinski definition) is 4. The van der Waals surface area contributed by atoms with Gasteiger partial charge in [-0.1, -0.05) is 19.9 Å². The molecule has 0 spiro atoms. The third-order valence-corrected chi connectivity index (χ3v) is 3.74. The molecule has 2 rings (SSSR count). The summed E-state index contributed by atoms with van der Waals surface area (Å²) in [5, 5.41) is 3.10. The van der Waals surface area contributed by atoms with Crippen LogP contribution in [0.3, 0.4) is 0 Å². The number of amides is 1. The maximum absolute atomic E-state index is 12.1. The summed E-state index contributed by atoms with van der Waals surface area (Å²) in [4.78, 5) is 12.1. The Morgan fingerprint density at radius 1 is 1.23 bits per heavy atom. The first-order valence-corrected chi connectivity index (χ1v) is 7.92. The van der Waals surface area contributed by atoms with E-state index in [0.717, 1.165) is 17.1 Å². The van der Waals surface area contributed by atoms with Crippen molar-refractivity contribution in [3.8, 4) is 11.5 Å². The fourth-order valence-corrected chi connectivity index (χ4v) is 2.49. The smallest absolute Gasteiger partial charge is 0.220 e. The van der Waals surface area contributed by atoms with E-state index in [2.05, 4.69) is 19.2 Å². The molecule has 22 heavy (non-hydrogen) atoms. The minimum absolute atomic E-state index is 0.0332. The molecule has 0 saturated heterocycles. The molecular weight excluding hydrogens is 280 g/mol. The number of hydrogen-bond donors (Lipinski definition) is 2. The molecule has 0 aromatic heterocycles. The predicted octanol–water partition coefficient (Wildman–Crippen LogP) is 2.40. The first kappa shape index (κ1) is 16.6. The minimum Gasteiger partial charge on any atom is -0.486 e. The van der Waals surface area contributed by atoms with Gasteiger partial charge < -0.3 is 20.5 Å². The van der Waals surface area contributed by atoms with Crippen LogP contribution in [0.5, 0.6) is 11.5 Å². The lowest BCUT2D eigenvalue weighted by Crippen LogP contribution is -2.32. The van der Waals surface area contributed by atoms with Crippen molar-refractivity contribution < 1.29 is 14.3 Å². The molecule has 1 heterocycles. The molecule has 2 unspecified atom stereocenters. The highest BCUT2D eigenvalue weighted by Crippen LogP contribution is 2.34. The summed E-state index contributed by atoms with van der Waals surface area (Å²) in [6.07, 6.45) is 1.14. The van der Waals surface area contributed by atoms with Gasteiger partial charge in [0.25, 0.3) is 0 Å². The lowest BCUT2D eigenvalue weighted by molar-refractivity contribution is -0.122. The van der Waals surface area contributed by atoms with E-state index in [1.54, 1.807) is 0 Å². The molecule has 5 nitrogen and oxygen atoms in total. The van der Waals surface area contributed by atoms with E-state index in [1.807, 2.05) is 25.1 Å². The van der Waals surface area contributed by atoms with Crippen LogP contribution in [0.1, 0.15) is 45.2 Å². The maximum Gasteiger partial charge on any atom is 0.220 e. The molecule has 3 N–H and O–H groups in total. The molecule has 2 atom stereocenters. The molecule has 1 aromatic carbocycles. The fraction of sp³-hybridized carbons (Fsp3) is 0.588. The highest BCUT2D eigenvalue weighted by molar-refractivity contribution is 5.76. The van der Waals surface area contributed by atoms with Gasteiger partial charge in [0.05, 0.1) is 6.04 Å². The Kier molecular flexibility index (Phi) is 5.66. The Hall–Kier alpha value is -1.75. The van der Waals surface area contributed by atoms with Crippen molar-refractivity contribution in [2.24, 2.45) is 11.7 Å². The van der Waals surface area contributed by atoms with Gasteiger partial charge in [-0.25, -0.2) is 0 Å². The molecule has 1 aliphatic heterocycles. The van der Waals surface area contributed by atoms with Crippen molar-refractivity contribution in [1.82, 2.24) is 5.32 Å². The number of carbonyl (C=O) groups excluding carboxylic acids is 1. The van der Waals surface area contributed by atoms with Crippen molar-refractivity contribution in [3.63, 3.8) is 0 Å². The Bertz CT molecular complexity index is 515. The van der Waals surface area contributed by atoms with Crippen LogP contribution >= 0.6 is 0 Å². The Morgan fingerprint density at radius 2 is 1.91 bits per heavy atom. The summed E-state index contributed by atoms with van der Waals surface area (Å²) in [6, 6.07) is 5.86. The summed E-state index contributed by atoms with van der Waals surface area (Å²) in [5.74, 6) is 1.83. The van der Waals surface area contributed by atoms with E-state index in [1.165, 1.54) is 0 Å². The van der Waals surface area contributed by atoms with Gasteiger partial charge in [0.15, 0.2) is 11.5 Å². The van der Waals surface area contributed by atoms with E-state index in [4.69, 9.17) is 15.2 Å². The Balaban J connectivity index is 2.09. The third kappa shape index (κ3) is 4.37. The topological polar surface area (TPSA) is 73.6 Å². The lowest BCUT2D eigenvalue weighted by Gasteiger charge is -2.25. The summed E-state index contributed by atoms with van der Waals surface area (Å²) in [5.41, 5.74) is 6.74. The molecule has 5 heteroatoms. The van der Waals surface area contributed by atoms with Gasteiger partial charge in [0.2, 0.25) is 5.91 Å². The van der Waals surface area contributed by atoms with Crippen LogP contribution in [-0.4, -0.2) is 25.2 Å². The highest BCUT2D eigenvalue weighted by atomic mass is 16.6. The van der Waals surface area contributed by atoms with E-state index < -0.39 is 0 Å². The van der Waals surface area contributed by atoms with Crippen molar-refractivity contribution >= 4 is 5.91 Å². The van der Waals surface area contributed by atoms with Crippen molar-refractivity contribution in [1.29, 1.82) is 0 Å². The molecule has 122 valence electrons. The molecule has 0 aliphatic carbocycles. The van der Waals surface area contributed by atoms with Crippen molar-refractivity contribution in [2.75, 3.05) is 13.2 Å². The zero-order chi connectivity index (χ0) is 16.1. The van der Waals surface area contributed by atoms with Crippen LogP contribution in [0.15, 0.2) is 18.2 Å². The van der Waals surface area contributed by atoms with Crippen molar-refractivity contribution in [3.05, 3.63) is 23.8 Å². The number of nitrogens with two attached hydrogens (primary N) is 1. The second-order valence-corrected chi connectivity index (χ2v) is 6.21. The largest absolute Gasteiger partial charge is 0.486 e. The van der Waals surface area contributed by atoms with Crippen LogP contribution in [0.2, 0.25) is 0 Å². The van der Waals surface area contributed by atoms with Gasteiger partial charge in [0.1, 0.15) is 13.2 Å². The molecule has 0 fully saturated rings. The summed E-state index contributed by atoms with van der Waals surface area (Å²) in [6.45, 7) is 7.23. The summed E-state index contributed by atoms with van der Waals surface area (Å²) < 4.78 is 11.2. The van der Waals surface area contributed by atoms with Crippen LogP contribution < -0.4 is 20.5 Å². The molecule has 1 amide bonds. The number of nitrogens with one attached hydrogen (secondary N) is 1. The van der Waals surface area contributed by atoms with E-state index in [9.17, 15) is 4.79 Å². The Morgan fingerprint density at radius 3 is 2.55 bits per heavy atom. The molecular formula is C17H26N2O3. The quantitative estimate of drug-likeness (QED) is 0.846.